The molecular formula is C16H17ClN4O. The third kappa shape index (κ3) is 3.20. The molecule has 114 valence electrons. The fourth-order valence-corrected chi connectivity index (χ4v) is 2.78. The smallest absolute Gasteiger partial charge is 0.273 e. The number of carbonyl (C=O) groups is 1. The normalized spacial score (nSPS) is 15.0. The van der Waals surface area contributed by atoms with Crippen LogP contribution >= 0.6 is 11.6 Å². The first-order chi connectivity index (χ1) is 10.6. The van der Waals surface area contributed by atoms with Crippen LogP contribution in [0.15, 0.2) is 30.5 Å². The molecule has 0 unspecified atom stereocenters. The summed E-state index contributed by atoms with van der Waals surface area (Å²) in [5.74, 6) is -0.110. The molecule has 2 aromatic rings. The molecule has 0 bridgehead atoms. The molecule has 0 saturated heterocycles. The van der Waals surface area contributed by atoms with Gasteiger partial charge in [-0.1, -0.05) is 36.6 Å². The Labute approximate surface area is 133 Å². The largest absolute Gasteiger partial charge is 0.382 e. The van der Waals surface area contributed by atoms with Crippen molar-refractivity contribution in [3.63, 3.8) is 0 Å². The summed E-state index contributed by atoms with van der Waals surface area (Å²) in [4.78, 5) is 20.8. The fraction of sp³-hybridized carbons (Fsp3) is 0.312. The van der Waals surface area contributed by atoms with E-state index in [1.807, 2.05) is 12.1 Å². The molecule has 1 aliphatic carbocycles. The lowest BCUT2D eigenvalue weighted by Gasteiger charge is -2.13. The second kappa shape index (κ2) is 6.32. The van der Waals surface area contributed by atoms with Crippen molar-refractivity contribution in [2.75, 3.05) is 5.73 Å². The molecule has 0 atom stereocenters. The van der Waals surface area contributed by atoms with Crippen molar-refractivity contribution in [3.8, 4) is 11.3 Å². The fourth-order valence-electron chi connectivity index (χ4n) is 2.65. The molecule has 1 amide bonds. The van der Waals surface area contributed by atoms with Crippen molar-refractivity contribution in [2.24, 2.45) is 0 Å². The number of nitrogen functional groups attached to an aromatic ring is 1. The van der Waals surface area contributed by atoms with Gasteiger partial charge in [-0.3, -0.25) is 4.79 Å². The first kappa shape index (κ1) is 14.8. The van der Waals surface area contributed by atoms with Gasteiger partial charge in [-0.25, -0.2) is 9.97 Å². The van der Waals surface area contributed by atoms with Crippen molar-refractivity contribution in [1.29, 1.82) is 0 Å². The van der Waals surface area contributed by atoms with Gasteiger partial charge in [0, 0.05) is 16.6 Å². The monoisotopic (exact) mass is 316 g/mol. The summed E-state index contributed by atoms with van der Waals surface area (Å²) in [5, 5.41) is 3.63. The van der Waals surface area contributed by atoms with Crippen LogP contribution in [-0.4, -0.2) is 21.9 Å². The minimum absolute atomic E-state index is 0.146. The molecular weight excluding hydrogens is 300 g/mol. The van der Waals surface area contributed by atoms with Gasteiger partial charge in [0.25, 0.3) is 5.91 Å². The summed E-state index contributed by atoms with van der Waals surface area (Å²) >= 11 is 5.88. The number of anilines is 1. The van der Waals surface area contributed by atoms with Gasteiger partial charge in [0.1, 0.15) is 0 Å². The number of benzene rings is 1. The molecule has 1 aromatic heterocycles. The number of aromatic nitrogens is 2. The minimum Gasteiger partial charge on any atom is -0.382 e. The second-order valence-corrected chi connectivity index (χ2v) is 5.89. The molecule has 3 rings (SSSR count). The number of rotatable bonds is 3. The quantitative estimate of drug-likeness (QED) is 0.912. The van der Waals surface area contributed by atoms with Crippen LogP contribution in [0, 0.1) is 0 Å². The lowest BCUT2D eigenvalue weighted by Crippen LogP contribution is -2.33. The Balaban J connectivity index is 1.85. The minimum atomic E-state index is -0.257. The molecule has 5 nitrogen and oxygen atoms in total. The number of amides is 1. The second-order valence-electron chi connectivity index (χ2n) is 5.45. The van der Waals surface area contributed by atoms with E-state index in [-0.39, 0.29) is 23.5 Å². The third-order valence-corrected chi connectivity index (χ3v) is 4.10. The van der Waals surface area contributed by atoms with Gasteiger partial charge in [0.15, 0.2) is 11.5 Å². The highest BCUT2D eigenvalue weighted by molar-refractivity contribution is 6.30. The van der Waals surface area contributed by atoms with Crippen LogP contribution < -0.4 is 11.1 Å². The molecule has 1 saturated carbocycles. The lowest BCUT2D eigenvalue weighted by molar-refractivity contribution is 0.0933. The Hall–Kier alpha value is -2.14. The number of carbonyl (C=O) groups excluding carboxylic acids is 1. The van der Waals surface area contributed by atoms with E-state index >= 15 is 0 Å². The topological polar surface area (TPSA) is 80.9 Å². The van der Waals surface area contributed by atoms with Crippen molar-refractivity contribution in [3.05, 3.63) is 41.2 Å². The van der Waals surface area contributed by atoms with Crippen LogP contribution in [0.5, 0.6) is 0 Å². The van der Waals surface area contributed by atoms with Gasteiger partial charge in [0.2, 0.25) is 0 Å². The highest BCUT2D eigenvalue weighted by atomic mass is 35.5. The highest BCUT2D eigenvalue weighted by Gasteiger charge is 2.21. The number of nitrogens with two attached hydrogens (primary N) is 1. The Morgan fingerprint density at radius 1 is 1.23 bits per heavy atom. The molecule has 1 heterocycles. The molecule has 0 aliphatic heterocycles. The molecule has 0 spiro atoms. The van der Waals surface area contributed by atoms with Crippen LogP contribution in [0.4, 0.5) is 5.82 Å². The summed E-state index contributed by atoms with van der Waals surface area (Å²) < 4.78 is 0. The molecule has 1 aliphatic rings. The maximum absolute atomic E-state index is 12.3. The molecule has 22 heavy (non-hydrogen) atoms. The van der Waals surface area contributed by atoms with Gasteiger partial charge in [0.05, 0.1) is 11.9 Å². The van der Waals surface area contributed by atoms with E-state index in [2.05, 4.69) is 15.3 Å². The zero-order valence-corrected chi connectivity index (χ0v) is 12.8. The van der Waals surface area contributed by atoms with Gasteiger partial charge in [-0.05, 0) is 25.0 Å². The van der Waals surface area contributed by atoms with E-state index in [0.29, 0.717) is 10.7 Å². The summed E-state index contributed by atoms with van der Waals surface area (Å²) in [6.45, 7) is 0. The zero-order valence-electron chi connectivity index (χ0n) is 12.1. The molecule has 3 N–H and O–H groups in total. The Morgan fingerprint density at radius 3 is 2.59 bits per heavy atom. The average Bonchev–Trinajstić information content (AvgIpc) is 3.01. The van der Waals surface area contributed by atoms with Gasteiger partial charge >= 0.3 is 0 Å². The number of nitrogens with one attached hydrogen (secondary N) is 1. The maximum Gasteiger partial charge on any atom is 0.273 e. The van der Waals surface area contributed by atoms with Crippen LogP contribution in [-0.2, 0) is 0 Å². The van der Waals surface area contributed by atoms with Crippen molar-refractivity contribution >= 4 is 23.3 Å². The van der Waals surface area contributed by atoms with Crippen molar-refractivity contribution in [1.82, 2.24) is 15.3 Å². The van der Waals surface area contributed by atoms with Crippen LogP contribution in [0.25, 0.3) is 11.3 Å². The molecule has 1 aromatic carbocycles. The van der Waals surface area contributed by atoms with E-state index in [0.717, 1.165) is 31.2 Å². The number of nitrogens with zero attached hydrogens (tertiary/aromatic N) is 2. The molecule has 1 fully saturated rings. The molecule has 0 radical (unpaired) electrons. The number of halogens is 1. The van der Waals surface area contributed by atoms with E-state index in [1.54, 1.807) is 18.3 Å². The predicted octanol–water partition coefficient (Wildman–Crippen LogP) is 3.05. The first-order valence-electron chi connectivity index (χ1n) is 7.33. The number of hydrogen-bond acceptors (Lipinski definition) is 4. The van der Waals surface area contributed by atoms with E-state index in [4.69, 9.17) is 17.3 Å². The average molecular weight is 317 g/mol. The first-order valence-corrected chi connectivity index (χ1v) is 7.70. The van der Waals surface area contributed by atoms with Crippen LogP contribution in [0.3, 0.4) is 0 Å². The summed E-state index contributed by atoms with van der Waals surface area (Å²) in [6, 6.07) is 7.43. The van der Waals surface area contributed by atoms with Crippen molar-refractivity contribution < 1.29 is 4.79 Å². The predicted molar refractivity (Wildman–Crippen MR) is 86.6 cm³/mol. The zero-order chi connectivity index (χ0) is 15.5. The van der Waals surface area contributed by atoms with E-state index in [9.17, 15) is 4.79 Å². The summed E-state index contributed by atoms with van der Waals surface area (Å²) in [5.41, 5.74) is 7.43. The van der Waals surface area contributed by atoms with Gasteiger partial charge < -0.3 is 11.1 Å². The van der Waals surface area contributed by atoms with Gasteiger partial charge in [-0.2, -0.15) is 0 Å². The Bertz CT molecular complexity index is 681. The third-order valence-electron chi connectivity index (χ3n) is 3.85. The summed E-state index contributed by atoms with van der Waals surface area (Å²) in [7, 11) is 0. The van der Waals surface area contributed by atoms with E-state index in [1.165, 1.54) is 0 Å². The summed E-state index contributed by atoms with van der Waals surface area (Å²) in [6.07, 6.45) is 5.88. The lowest BCUT2D eigenvalue weighted by atomic mass is 10.1. The number of hydrogen-bond donors (Lipinski definition) is 2. The maximum atomic E-state index is 12.3. The van der Waals surface area contributed by atoms with Crippen molar-refractivity contribution in [2.45, 2.75) is 31.7 Å². The van der Waals surface area contributed by atoms with Crippen LogP contribution in [0.2, 0.25) is 5.02 Å². The van der Waals surface area contributed by atoms with Crippen LogP contribution in [0.1, 0.15) is 36.2 Å². The highest BCUT2D eigenvalue weighted by Crippen LogP contribution is 2.22. The molecule has 6 heteroatoms. The standard InChI is InChI=1S/C16H17ClN4O/c17-11-7-5-10(6-8-11)13-9-19-15(18)14(21-13)16(22)20-12-3-1-2-4-12/h5-9,12H,1-4H2,(H2,18,19)(H,20,22). The SMILES string of the molecule is Nc1ncc(-c2ccc(Cl)cc2)nc1C(=O)NC1CCCC1. The van der Waals surface area contributed by atoms with E-state index < -0.39 is 0 Å². The van der Waals surface area contributed by atoms with Gasteiger partial charge in [-0.15, -0.1) is 0 Å². The Morgan fingerprint density at radius 2 is 1.91 bits per heavy atom. The Kier molecular flexibility index (Phi) is 4.24.